The zero-order valence-corrected chi connectivity index (χ0v) is 16.1. The summed E-state index contributed by atoms with van der Waals surface area (Å²) in [5.41, 5.74) is 2.95. The van der Waals surface area contributed by atoms with Gasteiger partial charge in [-0.1, -0.05) is 29.8 Å². The molecule has 1 fully saturated rings. The minimum Gasteiger partial charge on any atom is -0.445 e. The number of rotatable bonds is 5. The van der Waals surface area contributed by atoms with Crippen LogP contribution in [0.2, 0.25) is 0 Å². The van der Waals surface area contributed by atoms with Gasteiger partial charge in [0.25, 0.3) is 0 Å². The van der Waals surface area contributed by atoms with Crippen molar-refractivity contribution in [2.45, 2.75) is 26.4 Å². The van der Waals surface area contributed by atoms with E-state index in [1.807, 2.05) is 43.1 Å². The van der Waals surface area contributed by atoms with Gasteiger partial charge in [-0.15, -0.1) is 0 Å². The molecular weight excluding hydrogens is 342 g/mol. The molecule has 6 nitrogen and oxygen atoms in total. The van der Waals surface area contributed by atoms with Crippen LogP contribution in [0, 0.1) is 12.8 Å². The number of likely N-dealkylation sites (tertiary alicyclic amines) is 1. The van der Waals surface area contributed by atoms with Crippen molar-refractivity contribution in [3.63, 3.8) is 0 Å². The van der Waals surface area contributed by atoms with E-state index in [1.54, 1.807) is 18.5 Å². The van der Waals surface area contributed by atoms with Crippen molar-refractivity contribution in [2.75, 3.05) is 26.7 Å². The SMILES string of the molecule is CNCC1CCN(C(=O)OCc2ccc(C)cc2)CC1.O=Cc1cc[nH]c1. The fourth-order valence-corrected chi connectivity index (χ4v) is 2.94. The summed E-state index contributed by atoms with van der Waals surface area (Å²) in [6, 6.07) is 9.79. The first-order valence-corrected chi connectivity index (χ1v) is 9.32. The van der Waals surface area contributed by atoms with Crippen LogP contribution in [-0.4, -0.2) is 48.9 Å². The molecule has 27 heavy (non-hydrogen) atoms. The molecule has 2 heterocycles. The van der Waals surface area contributed by atoms with Gasteiger partial charge >= 0.3 is 6.09 Å². The van der Waals surface area contributed by atoms with Gasteiger partial charge in [-0.3, -0.25) is 4.79 Å². The number of aldehydes is 1. The normalized spacial score (nSPS) is 14.2. The van der Waals surface area contributed by atoms with Gasteiger partial charge in [-0.25, -0.2) is 4.79 Å². The lowest BCUT2D eigenvalue weighted by Crippen LogP contribution is -2.40. The molecule has 1 saturated heterocycles. The molecule has 0 spiro atoms. The maximum Gasteiger partial charge on any atom is 0.410 e. The Bertz CT molecular complexity index is 675. The Balaban J connectivity index is 0.000000313. The third-order valence-electron chi connectivity index (χ3n) is 4.61. The van der Waals surface area contributed by atoms with Gasteiger partial charge in [0.2, 0.25) is 0 Å². The average Bonchev–Trinajstić information content (AvgIpc) is 3.23. The molecule has 1 amide bonds. The molecule has 0 atom stereocenters. The smallest absolute Gasteiger partial charge is 0.410 e. The largest absolute Gasteiger partial charge is 0.445 e. The molecule has 146 valence electrons. The number of H-pyrrole nitrogens is 1. The second-order valence-electron chi connectivity index (χ2n) is 6.79. The number of ether oxygens (including phenoxy) is 1. The first-order chi connectivity index (χ1) is 13.1. The first-order valence-electron chi connectivity index (χ1n) is 9.32. The van der Waals surface area contributed by atoms with Crippen molar-refractivity contribution in [3.8, 4) is 0 Å². The average molecular weight is 371 g/mol. The molecule has 0 saturated carbocycles. The molecule has 6 heteroatoms. The van der Waals surface area contributed by atoms with Gasteiger partial charge in [0.1, 0.15) is 6.61 Å². The van der Waals surface area contributed by atoms with E-state index >= 15 is 0 Å². The number of hydrogen-bond acceptors (Lipinski definition) is 4. The number of amides is 1. The lowest BCUT2D eigenvalue weighted by molar-refractivity contribution is 0.0824. The maximum atomic E-state index is 12.0. The van der Waals surface area contributed by atoms with E-state index in [4.69, 9.17) is 4.74 Å². The number of carbonyl (C=O) groups excluding carboxylic acids is 2. The van der Waals surface area contributed by atoms with Crippen molar-refractivity contribution < 1.29 is 14.3 Å². The number of piperidine rings is 1. The van der Waals surface area contributed by atoms with Crippen molar-refractivity contribution in [2.24, 2.45) is 5.92 Å². The van der Waals surface area contributed by atoms with E-state index in [0.29, 0.717) is 18.1 Å². The number of hydrogen-bond donors (Lipinski definition) is 2. The molecule has 1 aromatic heterocycles. The fourth-order valence-electron chi connectivity index (χ4n) is 2.94. The van der Waals surface area contributed by atoms with Crippen LogP contribution < -0.4 is 5.32 Å². The van der Waals surface area contributed by atoms with Crippen molar-refractivity contribution in [1.82, 2.24) is 15.2 Å². The Morgan fingerprint density at radius 3 is 2.48 bits per heavy atom. The van der Waals surface area contributed by atoms with E-state index in [2.05, 4.69) is 10.3 Å². The summed E-state index contributed by atoms with van der Waals surface area (Å²) in [5, 5.41) is 3.20. The lowest BCUT2D eigenvalue weighted by atomic mass is 9.97. The molecule has 1 aliphatic rings. The van der Waals surface area contributed by atoms with Crippen LogP contribution in [0.15, 0.2) is 42.7 Å². The number of aromatic nitrogens is 1. The number of carbonyl (C=O) groups is 2. The Hall–Kier alpha value is -2.60. The Labute approximate surface area is 160 Å². The zero-order chi connectivity index (χ0) is 19.5. The third-order valence-corrected chi connectivity index (χ3v) is 4.61. The highest BCUT2D eigenvalue weighted by atomic mass is 16.6. The summed E-state index contributed by atoms with van der Waals surface area (Å²) in [5.74, 6) is 0.682. The third kappa shape index (κ3) is 7.27. The van der Waals surface area contributed by atoms with Gasteiger partial charge in [0.05, 0.1) is 0 Å². The van der Waals surface area contributed by atoms with E-state index in [-0.39, 0.29) is 6.09 Å². The topological polar surface area (TPSA) is 74.4 Å². The van der Waals surface area contributed by atoms with Crippen molar-refractivity contribution in [3.05, 3.63) is 59.4 Å². The van der Waals surface area contributed by atoms with Crippen LogP contribution in [0.5, 0.6) is 0 Å². The summed E-state index contributed by atoms with van der Waals surface area (Å²) in [6.45, 7) is 5.05. The molecule has 0 bridgehead atoms. The van der Waals surface area contributed by atoms with E-state index in [0.717, 1.165) is 44.3 Å². The standard InChI is InChI=1S/C16H24N2O2.C5H5NO/c1-13-3-5-15(6-4-13)12-20-16(19)18-9-7-14(8-10-18)11-17-2;7-4-5-1-2-6-3-5/h3-6,14,17H,7-12H2,1-2H3;1-4,6H. The van der Waals surface area contributed by atoms with Crippen LogP contribution in [0.25, 0.3) is 0 Å². The summed E-state index contributed by atoms with van der Waals surface area (Å²) in [6.07, 6.45) is 6.09. The first kappa shape index (κ1) is 20.7. The number of aryl methyl sites for hydroxylation is 1. The molecule has 2 N–H and O–H groups in total. The lowest BCUT2D eigenvalue weighted by Gasteiger charge is -2.31. The quantitative estimate of drug-likeness (QED) is 0.790. The van der Waals surface area contributed by atoms with Crippen LogP contribution in [0.4, 0.5) is 4.79 Å². The van der Waals surface area contributed by atoms with Crippen LogP contribution >= 0.6 is 0 Å². The Morgan fingerprint density at radius 1 is 1.26 bits per heavy atom. The molecule has 0 aliphatic carbocycles. The monoisotopic (exact) mass is 371 g/mol. The van der Waals surface area contributed by atoms with Gasteiger partial charge in [0.15, 0.2) is 6.29 Å². The van der Waals surface area contributed by atoms with Crippen LogP contribution in [-0.2, 0) is 11.3 Å². The zero-order valence-electron chi connectivity index (χ0n) is 16.1. The second kappa shape index (κ2) is 11.2. The van der Waals surface area contributed by atoms with Gasteiger partial charge < -0.3 is 19.9 Å². The molecule has 3 rings (SSSR count). The second-order valence-corrected chi connectivity index (χ2v) is 6.79. The van der Waals surface area contributed by atoms with Gasteiger partial charge in [-0.2, -0.15) is 0 Å². The molecule has 2 aromatic rings. The van der Waals surface area contributed by atoms with E-state index in [9.17, 15) is 9.59 Å². The number of nitrogens with one attached hydrogen (secondary N) is 2. The highest BCUT2D eigenvalue weighted by molar-refractivity contribution is 5.73. The van der Waals surface area contributed by atoms with Crippen LogP contribution in [0.3, 0.4) is 0 Å². The van der Waals surface area contributed by atoms with Crippen LogP contribution in [0.1, 0.15) is 34.3 Å². The minimum atomic E-state index is -0.187. The molecular formula is C21H29N3O3. The Morgan fingerprint density at radius 2 is 1.96 bits per heavy atom. The minimum absolute atomic E-state index is 0.187. The highest BCUT2D eigenvalue weighted by Crippen LogP contribution is 2.17. The van der Waals surface area contributed by atoms with E-state index in [1.165, 1.54) is 5.56 Å². The number of benzene rings is 1. The summed E-state index contributed by atoms with van der Waals surface area (Å²) in [4.78, 5) is 26.4. The maximum absolute atomic E-state index is 12.0. The highest BCUT2D eigenvalue weighted by Gasteiger charge is 2.23. The van der Waals surface area contributed by atoms with Gasteiger partial charge in [0, 0.05) is 31.0 Å². The molecule has 0 radical (unpaired) electrons. The summed E-state index contributed by atoms with van der Waals surface area (Å²) < 4.78 is 5.37. The molecule has 1 aromatic carbocycles. The van der Waals surface area contributed by atoms with E-state index < -0.39 is 0 Å². The predicted molar refractivity (Wildman–Crippen MR) is 106 cm³/mol. The summed E-state index contributed by atoms with van der Waals surface area (Å²) >= 11 is 0. The predicted octanol–water partition coefficient (Wildman–Crippen LogP) is 3.39. The summed E-state index contributed by atoms with van der Waals surface area (Å²) in [7, 11) is 1.97. The number of nitrogens with zero attached hydrogens (tertiary/aromatic N) is 1. The van der Waals surface area contributed by atoms with Crippen molar-refractivity contribution in [1.29, 1.82) is 0 Å². The Kier molecular flexibility index (Phi) is 8.58. The molecule has 0 unspecified atom stereocenters. The van der Waals surface area contributed by atoms with Gasteiger partial charge in [-0.05, 0) is 50.9 Å². The molecule has 1 aliphatic heterocycles. The van der Waals surface area contributed by atoms with Crippen molar-refractivity contribution >= 4 is 12.4 Å². The fraction of sp³-hybridized carbons (Fsp3) is 0.429. The number of aromatic amines is 1.